The zero-order chi connectivity index (χ0) is 13.1. The smallest absolute Gasteiger partial charge is 0.128 e. The molecule has 1 N–H and O–H groups in total. The number of hydrogen-bond acceptors (Lipinski definition) is 2. The zero-order valence-corrected chi connectivity index (χ0v) is 11.0. The normalized spacial score (nSPS) is 12.7. The second-order valence-corrected chi connectivity index (χ2v) is 4.45. The molecule has 2 rings (SSSR count). The molecule has 0 spiro atoms. The summed E-state index contributed by atoms with van der Waals surface area (Å²) in [5, 5.41) is 3.31. The number of rotatable bonds is 4. The van der Waals surface area contributed by atoms with Crippen LogP contribution >= 0.6 is 0 Å². The maximum Gasteiger partial charge on any atom is 0.128 e. The highest BCUT2D eigenvalue weighted by Gasteiger charge is 2.20. The van der Waals surface area contributed by atoms with Crippen LogP contribution in [0.3, 0.4) is 0 Å². The Labute approximate surface area is 107 Å². The molecule has 0 saturated heterocycles. The minimum Gasteiger partial charge on any atom is -0.469 e. The first-order valence-electron chi connectivity index (χ1n) is 6.17. The minimum atomic E-state index is -0.188. The SMILES string of the molecule is CCNC(c1cc(C)ccc1F)c1ccoc1C. The van der Waals surface area contributed by atoms with Crippen LogP contribution in [0.5, 0.6) is 0 Å². The number of benzene rings is 1. The van der Waals surface area contributed by atoms with Crippen molar-refractivity contribution in [1.29, 1.82) is 0 Å². The van der Waals surface area contributed by atoms with Gasteiger partial charge in [0.15, 0.2) is 0 Å². The summed E-state index contributed by atoms with van der Waals surface area (Å²) in [6, 6.07) is 6.92. The van der Waals surface area contributed by atoms with E-state index in [-0.39, 0.29) is 11.9 Å². The van der Waals surface area contributed by atoms with E-state index in [1.165, 1.54) is 6.07 Å². The van der Waals surface area contributed by atoms with Crippen LogP contribution in [0, 0.1) is 19.7 Å². The minimum absolute atomic E-state index is 0.159. The van der Waals surface area contributed by atoms with Crippen LogP contribution in [-0.4, -0.2) is 6.54 Å². The predicted molar refractivity (Wildman–Crippen MR) is 70.1 cm³/mol. The average Bonchev–Trinajstić information content (AvgIpc) is 2.76. The monoisotopic (exact) mass is 247 g/mol. The second-order valence-electron chi connectivity index (χ2n) is 4.45. The van der Waals surface area contributed by atoms with Gasteiger partial charge in [0, 0.05) is 11.1 Å². The van der Waals surface area contributed by atoms with E-state index < -0.39 is 0 Å². The first-order valence-corrected chi connectivity index (χ1v) is 6.17. The molecule has 3 heteroatoms. The van der Waals surface area contributed by atoms with E-state index in [0.29, 0.717) is 5.56 Å². The molecule has 0 fully saturated rings. The number of halogens is 1. The summed E-state index contributed by atoms with van der Waals surface area (Å²) in [5.41, 5.74) is 2.71. The van der Waals surface area contributed by atoms with Gasteiger partial charge in [0.2, 0.25) is 0 Å². The molecule has 18 heavy (non-hydrogen) atoms. The molecule has 1 heterocycles. The van der Waals surface area contributed by atoms with Crippen molar-refractivity contribution in [3.63, 3.8) is 0 Å². The number of nitrogens with one attached hydrogen (secondary N) is 1. The van der Waals surface area contributed by atoms with Gasteiger partial charge in [0.05, 0.1) is 12.3 Å². The third-order valence-corrected chi connectivity index (χ3v) is 3.08. The Morgan fingerprint density at radius 2 is 2.00 bits per heavy atom. The molecule has 96 valence electrons. The molecule has 1 aromatic carbocycles. The summed E-state index contributed by atoms with van der Waals surface area (Å²) in [4.78, 5) is 0. The number of aryl methyl sites for hydroxylation is 2. The van der Waals surface area contributed by atoms with Crippen LogP contribution in [0.15, 0.2) is 34.9 Å². The lowest BCUT2D eigenvalue weighted by Gasteiger charge is -2.19. The van der Waals surface area contributed by atoms with Gasteiger partial charge in [0.1, 0.15) is 11.6 Å². The third kappa shape index (κ3) is 2.46. The molecule has 0 aliphatic rings. The van der Waals surface area contributed by atoms with Crippen molar-refractivity contribution in [3.8, 4) is 0 Å². The fourth-order valence-electron chi connectivity index (χ4n) is 2.17. The Morgan fingerprint density at radius 3 is 2.61 bits per heavy atom. The maximum atomic E-state index is 14.0. The first kappa shape index (κ1) is 12.8. The molecule has 0 amide bonds. The van der Waals surface area contributed by atoms with Crippen LogP contribution in [0.1, 0.15) is 35.4 Å². The van der Waals surface area contributed by atoms with Crippen molar-refractivity contribution in [2.24, 2.45) is 0 Å². The standard InChI is InChI=1S/C15H18FNO/c1-4-17-15(12-7-8-18-11(12)3)13-9-10(2)5-6-14(13)16/h5-9,15,17H,4H2,1-3H3. The van der Waals surface area contributed by atoms with Crippen molar-refractivity contribution in [2.45, 2.75) is 26.8 Å². The van der Waals surface area contributed by atoms with Crippen LogP contribution < -0.4 is 5.32 Å². The third-order valence-electron chi connectivity index (χ3n) is 3.08. The van der Waals surface area contributed by atoms with Crippen LogP contribution in [0.2, 0.25) is 0 Å². The van der Waals surface area contributed by atoms with Crippen molar-refractivity contribution >= 4 is 0 Å². The van der Waals surface area contributed by atoms with Gasteiger partial charge in [-0.3, -0.25) is 0 Å². The lowest BCUT2D eigenvalue weighted by molar-refractivity contribution is 0.513. The van der Waals surface area contributed by atoms with E-state index in [1.807, 2.05) is 32.9 Å². The molecule has 0 aliphatic carbocycles. The van der Waals surface area contributed by atoms with Gasteiger partial charge in [-0.25, -0.2) is 4.39 Å². The Morgan fingerprint density at radius 1 is 1.22 bits per heavy atom. The van der Waals surface area contributed by atoms with Gasteiger partial charge in [-0.05, 0) is 32.5 Å². The van der Waals surface area contributed by atoms with Crippen molar-refractivity contribution < 1.29 is 8.81 Å². The van der Waals surface area contributed by atoms with Gasteiger partial charge in [-0.15, -0.1) is 0 Å². The maximum absolute atomic E-state index is 14.0. The quantitative estimate of drug-likeness (QED) is 0.890. The molecular formula is C15H18FNO. The molecule has 1 aromatic heterocycles. The van der Waals surface area contributed by atoms with Crippen LogP contribution in [0.25, 0.3) is 0 Å². The Hall–Kier alpha value is -1.61. The molecule has 2 nitrogen and oxygen atoms in total. The van der Waals surface area contributed by atoms with E-state index in [0.717, 1.165) is 23.4 Å². The van der Waals surface area contributed by atoms with Crippen LogP contribution in [-0.2, 0) is 0 Å². The Bertz CT molecular complexity index is 533. The van der Waals surface area contributed by atoms with Gasteiger partial charge in [-0.2, -0.15) is 0 Å². The van der Waals surface area contributed by atoms with Crippen LogP contribution in [0.4, 0.5) is 4.39 Å². The highest BCUT2D eigenvalue weighted by molar-refractivity contribution is 5.35. The fraction of sp³-hybridized carbons (Fsp3) is 0.333. The highest BCUT2D eigenvalue weighted by atomic mass is 19.1. The molecule has 1 atom stereocenters. The summed E-state index contributed by atoms with van der Waals surface area (Å²) >= 11 is 0. The van der Waals surface area contributed by atoms with Crippen molar-refractivity contribution in [1.82, 2.24) is 5.32 Å². The molecular weight excluding hydrogens is 229 g/mol. The summed E-state index contributed by atoms with van der Waals surface area (Å²) in [7, 11) is 0. The van der Waals surface area contributed by atoms with Crippen molar-refractivity contribution in [2.75, 3.05) is 6.54 Å². The number of hydrogen-bond donors (Lipinski definition) is 1. The molecule has 0 saturated carbocycles. The zero-order valence-electron chi connectivity index (χ0n) is 11.0. The number of furan rings is 1. The second kappa shape index (κ2) is 5.36. The van der Waals surface area contributed by atoms with Gasteiger partial charge >= 0.3 is 0 Å². The molecule has 0 radical (unpaired) electrons. The lowest BCUT2D eigenvalue weighted by atomic mass is 9.97. The van der Waals surface area contributed by atoms with Gasteiger partial charge < -0.3 is 9.73 Å². The van der Waals surface area contributed by atoms with Gasteiger partial charge in [-0.1, -0.05) is 24.6 Å². The van der Waals surface area contributed by atoms with Gasteiger partial charge in [0.25, 0.3) is 0 Å². The summed E-state index contributed by atoms with van der Waals surface area (Å²) < 4.78 is 19.3. The Balaban J connectivity index is 2.48. The average molecular weight is 247 g/mol. The van der Waals surface area contributed by atoms with E-state index in [9.17, 15) is 4.39 Å². The lowest BCUT2D eigenvalue weighted by Crippen LogP contribution is -2.23. The van der Waals surface area contributed by atoms with E-state index in [4.69, 9.17) is 4.42 Å². The fourth-order valence-corrected chi connectivity index (χ4v) is 2.17. The predicted octanol–water partition coefficient (Wildman–Crippen LogP) is 3.73. The largest absolute Gasteiger partial charge is 0.469 e. The summed E-state index contributed by atoms with van der Waals surface area (Å²) in [6.07, 6.45) is 1.64. The topological polar surface area (TPSA) is 25.2 Å². The molecule has 0 bridgehead atoms. The van der Waals surface area contributed by atoms with E-state index >= 15 is 0 Å². The summed E-state index contributed by atoms with van der Waals surface area (Å²) in [6.45, 7) is 6.64. The molecule has 1 unspecified atom stereocenters. The van der Waals surface area contributed by atoms with E-state index in [2.05, 4.69) is 5.32 Å². The van der Waals surface area contributed by atoms with E-state index in [1.54, 1.807) is 12.3 Å². The first-order chi connectivity index (χ1) is 8.63. The molecule has 0 aliphatic heterocycles. The molecule has 2 aromatic rings. The van der Waals surface area contributed by atoms with Crippen molar-refractivity contribution in [3.05, 3.63) is 58.8 Å². The summed E-state index contributed by atoms with van der Waals surface area (Å²) in [5.74, 6) is 0.633. The Kier molecular flexibility index (Phi) is 3.82. The highest BCUT2D eigenvalue weighted by Crippen LogP contribution is 2.28.